The van der Waals surface area contributed by atoms with Crippen LogP contribution in [0.4, 0.5) is 10.1 Å². The normalized spacial score (nSPS) is 16.3. The summed E-state index contributed by atoms with van der Waals surface area (Å²) in [6, 6.07) is 13.2. The number of methoxy groups -OCH3 is 1. The van der Waals surface area contributed by atoms with Gasteiger partial charge in [0.05, 0.1) is 7.11 Å². The van der Waals surface area contributed by atoms with Crippen LogP contribution in [0, 0.1) is 11.2 Å². The summed E-state index contributed by atoms with van der Waals surface area (Å²) in [5.74, 6) is 0.852. The van der Waals surface area contributed by atoms with Gasteiger partial charge in [-0.05, 0) is 61.6 Å². The third-order valence-corrected chi connectivity index (χ3v) is 5.81. The molecule has 1 saturated heterocycles. The first kappa shape index (κ1) is 22.4. The molecular formula is C25H35FN2O2. The van der Waals surface area contributed by atoms with Gasteiger partial charge in [0.2, 0.25) is 0 Å². The fourth-order valence-corrected chi connectivity index (χ4v) is 4.19. The zero-order chi connectivity index (χ0) is 21.6. The van der Waals surface area contributed by atoms with Crippen LogP contribution >= 0.6 is 0 Å². The van der Waals surface area contributed by atoms with E-state index in [1.807, 2.05) is 30.3 Å². The van der Waals surface area contributed by atoms with Crippen molar-refractivity contribution in [1.29, 1.82) is 0 Å². The molecule has 0 aromatic heterocycles. The number of ether oxygens (including phenoxy) is 2. The van der Waals surface area contributed by atoms with Gasteiger partial charge in [-0.1, -0.05) is 26.0 Å². The summed E-state index contributed by atoms with van der Waals surface area (Å²) in [5, 5.41) is 0. The molecule has 3 rings (SSSR count). The molecule has 2 aromatic carbocycles. The zero-order valence-electron chi connectivity index (χ0n) is 18.8. The average molecular weight is 415 g/mol. The summed E-state index contributed by atoms with van der Waals surface area (Å²) in [7, 11) is 1.66. The molecule has 5 heteroatoms. The molecule has 1 aliphatic rings. The number of halogens is 1. The van der Waals surface area contributed by atoms with Gasteiger partial charge in [-0.15, -0.1) is 0 Å². The molecule has 0 radical (unpaired) electrons. The molecule has 2 aromatic rings. The molecule has 1 fully saturated rings. The summed E-state index contributed by atoms with van der Waals surface area (Å²) in [6.07, 6.45) is 2.49. The monoisotopic (exact) mass is 414 g/mol. The quantitative estimate of drug-likeness (QED) is 0.551. The van der Waals surface area contributed by atoms with Crippen LogP contribution in [0.5, 0.6) is 11.5 Å². The summed E-state index contributed by atoms with van der Waals surface area (Å²) in [6.45, 7) is 11.7. The van der Waals surface area contributed by atoms with Gasteiger partial charge >= 0.3 is 0 Å². The number of piperidine rings is 1. The van der Waals surface area contributed by atoms with E-state index in [9.17, 15) is 4.39 Å². The van der Waals surface area contributed by atoms with Crippen molar-refractivity contribution in [3.05, 3.63) is 53.8 Å². The predicted molar refractivity (Wildman–Crippen MR) is 121 cm³/mol. The van der Waals surface area contributed by atoms with E-state index in [4.69, 9.17) is 9.47 Å². The van der Waals surface area contributed by atoms with Gasteiger partial charge in [0.25, 0.3) is 0 Å². The number of hydrogen-bond acceptors (Lipinski definition) is 4. The maximum atomic E-state index is 14.6. The van der Waals surface area contributed by atoms with Crippen LogP contribution in [0.1, 0.15) is 39.2 Å². The van der Waals surface area contributed by atoms with Crippen molar-refractivity contribution in [2.45, 2.75) is 40.2 Å². The van der Waals surface area contributed by atoms with Crippen molar-refractivity contribution in [2.75, 3.05) is 44.8 Å². The lowest BCUT2D eigenvalue weighted by atomic mass is 9.84. The molecule has 0 unspecified atom stereocenters. The second kappa shape index (κ2) is 10.2. The molecule has 0 amide bonds. The van der Waals surface area contributed by atoms with Crippen LogP contribution in [0.25, 0.3) is 0 Å². The van der Waals surface area contributed by atoms with Crippen molar-refractivity contribution < 1.29 is 13.9 Å². The first-order chi connectivity index (χ1) is 14.4. The van der Waals surface area contributed by atoms with Crippen LogP contribution < -0.4 is 14.4 Å². The molecule has 0 atom stereocenters. The molecule has 164 valence electrons. The van der Waals surface area contributed by atoms with E-state index in [-0.39, 0.29) is 5.82 Å². The number of hydrogen-bond donors (Lipinski definition) is 0. The Bertz CT molecular complexity index is 825. The Kier molecular flexibility index (Phi) is 7.59. The van der Waals surface area contributed by atoms with E-state index in [0.717, 1.165) is 43.2 Å². The first-order valence-electron chi connectivity index (χ1n) is 10.9. The minimum Gasteiger partial charge on any atom is -0.497 e. The number of rotatable bonds is 9. The highest BCUT2D eigenvalue weighted by atomic mass is 19.1. The van der Waals surface area contributed by atoms with E-state index >= 15 is 0 Å². The zero-order valence-corrected chi connectivity index (χ0v) is 18.8. The highest BCUT2D eigenvalue weighted by Gasteiger charge is 2.26. The molecule has 0 aliphatic carbocycles. The summed E-state index contributed by atoms with van der Waals surface area (Å²) >= 11 is 0. The van der Waals surface area contributed by atoms with Crippen molar-refractivity contribution in [1.82, 2.24) is 4.90 Å². The molecule has 30 heavy (non-hydrogen) atoms. The second-order valence-corrected chi connectivity index (χ2v) is 8.87. The molecule has 4 nitrogen and oxygen atoms in total. The molecule has 0 bridgehead atoms. The molecule has 1 aliphatic heterocycles. The van der Waals surface area contributed by atoms with E-state index in [1.165, 1.54) is 12.8 Å². The third kappa shape index (κ3) is 6.11. The molecule has 0 saturated carbocycles. The van der Waals surface area contributed by atoms with E-state index in [0.29, 0.717) is 24.3 Å². The lowest BCUT2D eigenvalue weighted by Gasteiger charge is -2.37. The number of benzene rings is 2. The average Bonchev–Trinajstić information content (AvgIpc) is 2.73. The van der Waals surface area contributed by atoms with E-state index < -0.39 is 0 Å². The second-order valence-electron chi connectivity index (χ2n) is 8.87. The van der Waals surface area contributed by atoms with Crippen molar-refractivity contribution in [3.8, 4) is 11.5 Å². The Hall–Kier alpha value is -2.27. The van der Waals surface area contributed by atoms with Crippen LogP contribution in [0.2, 0.25) is 0 Å². The van der Waals surface area contributed by atoms with Gasteiger partial charge in [0, 0.05) is 37.9 Å². The molecular weight excluding hydrogens is 379 g/mol. The van der Waals surface area contributed by atoms with E-state index in [2.05, 4.69) is 30.6 Å². The Morgan fingerprint density at radius 1 is 1.17 bits per heavy atom. The van der Waals surface area contributed by atoms with E-state index in [1.54, 1.807) is 19.2 Å². The van der Waals surface area contributed by atoms with Crippen LogP contribution in [0.3, 0.4) is 0 Å². The molecule has 0 N–H and O–H groups in total. The number of nitrogens with zero attached hydrogens (tertiary/aromatic N) is 2. The fraction of sp³-hybridized carbons (Fsp3) is 0.520. The van der Waals surface area contributed by atoms with Crippen LogP contribution in [0.15, 0.2) is 42.5 Å². The van der Waals surface area contributed by atoms with Crippen molar-refractivity contribution in [2.24, 2.45) is 5.41 Å². The third-order valence-electron chi connectivity index (χ3n) is 5.81. The summed E-state index contributed by atoms with van der Waals surface area (Å²) in [4.78, 5) is 4.61. The molecule has 0 spiro atoms. The Morgan fingerprint density at radius 2 is 2.00 bits per heavy atom. The van der Waals surface area contributed by atoms with Crippen molar-refractivity contribution >= 4 is 5.69 Å². The van der Waals surface area contributed by atoms with Gasteiger partial charge in [0.1, 0.15) is 12.4 Å². The van der Waals surface area contributed by atoms with Gasteiger partial charge in [-0.25, -0.2) is 4.39 Å². The largest absolute Gasteiger partial charge is 0.497 e. The van der Waals surface area contributed by atoms with Crippen LogP contribution in [-0.2, 0) is 6.54 Å². The smallest absolute Gasteiger partial charge is 0.165 e. The lowest BCUT2D eigenvalue weighted by molar-refractivity contribution is 0.101. The van der Waals surface area contributed by atoms with Gasteiger partial charge < -0.3 is 14.4 Å². The summed E-state index contributed by atoms with van der Waals surface area (Å²) in [5.41, 5.74) is 2.34. The Balaban J connectivity index is 1.56. The highest BCUT2D eigenvalue weighted by Crippen LogP contribution is 2.28. The predicted octanol–water partition coefficient (Wildman–Crippen LogP) is 5.36. The minimum atomic E-state index is -0.298. The SMILES string of the molecule is CCN(Cc1ccc(OCCN2CCCC(C)(C)C2)c(F)c1)c1cccc(OC)c1. The van der Waals surface area contributed by atoms with Gasteiger partial charge in [-0.2, -0.15) is 0 Å². The highest BCUT2D eigenvalue weighted by molar-refractivity contribution is 5.51. The Labute approximate surface area is 180 Å². The Morgan fingerprint density at radius 3 is 2.70 bits per heavy atom. The minimum absolute atomic E-state index is 0.298. The van der Waals surface area contributed by atoms with Crippen LogP contribution in [-0.4, -0.2) is 44.8 Å². The standard InChI is InChI=1S/C25H35FN2O2/c1-5-28(21-8-6-9-22(17-21)29-4)18-20-10-11-24(23(26)16-20)30-15-14-27-13-7-12-25(2,3)19-27/h6,8-11,16-17H,5,7,12-15,18-19H2,1-4H3. The maximum absolute atomic E-state index is 14.6. The fourth-order valence-electron chi connectivity index (χ4n) is 4.19. The van der Waals surface area contributed by atoms with Gasteiger partial charge in [0.15, 0.2) is 11.6 Å². The topological polar surface area (TPSA) is 24.9 Å². The van der Waals surface area contributed by atoms with Gasteiger partial charge in [-0.3, -0.25) is 4.90 Å². The summed E-state index contributed by atoms with van der Waals surface area (Å²) < 4.78 is 25.7. The van der Waals surface area contributed by atoms with Crippen molar-refractivity contribution in [3.63, 3.8) is 0 Å². The maximum Gasteiger partial charge on any atom is 0.165 e. The lowest BCUT2D eigenvalue weighted by Crippen LogP contribution is -2.41. The first-order valence-corrected chi connectivity index (χ1v) is 10.9. The molecule has 1 heterocycles. The number of likely N-dealkylation sites (tertiary alicyclic amines) is 1. The number of anilines is 1.